The zero-order valence-corrected chi connectivity index (χ0v) is 11.6. The summed E-state index contributed by atoms with van der Waals surface area (Å²) in [5, 5.41) is 19.4. The number of Topliss-reactive ketones (excluding diaryl/α,β-unsaturated/α-hetero) is 1. The zero-order valence-electron chi connectivity index (χ0n) is 11.6. The van der Waals surface area contributed by atoms with Crippen LogP contribution < -0.4 is 4.74 Å². The van der Waals surface area contributed by atoms with Gasteiger partial charge < -0.3 is 19.7 Å². The minimum atomic E-state index is -0.818. The first-order valence-corrected chi connectivity index (χ1v) is 6.78. The first-order chi connectivity index (χ1) is 10.1. The topological polar surface area (TPSA) is 76.0 Å². The molecule has 2 aliphatic rings. The second-order valence-electron chi connectivity index (χ2n) is 5.08. The molecular formula is C16H16O5. The number of aromatic hydroxyl groups is 2. The van der Waals surface area contributed by atoms with E-state index in [2.05, 4.69) is 0 Å². The van der Waals surface area contributed by atoms with Crippen molar-refractivity contribution in [3.63, 3.8) is 0 Å². The summed E-state index contributed by atoms with van der Waals surface area (Å²) in [7, 11) is 1.44. The molecule has 0 spiro atoms. The Morgan fingerprint density at radius 3 is 2.76 bits per heavy atom. The maximum Gasteiger partial charge on any atom is 0.203 e. The van der Waals surface area contributed by atoms with Crippen molar-refractivity contribution in [2.45, 2.75) is 25.0 Å². The molecule has 2 unspecified atom stereocenters. The van der Waals surface area contributed by atoms with E-state index in [9.17, 15) is 15.0 Å². The van der Waals surface area contributed by atoms with E-state index < -0.39 is 12.2 Å². The number of carbonyl (C=O) groups excluding carboxylic acids is 1. The molecule has 1 aromatic rings. The molecule has 3 rings (SSSR count). The minimum absolute atomic E-state index is 0.0521. The lowest BCUT2D eigenvalue weighted by molar-refractivity contribution is 0.0131. The Bertz CT molecular complexity index is 644. The lowest BCUT2D eigenvalue weighted by Gasteiger charge is -2.33. The lowest BCUT2D eigenvalue weighted by Crippen LogP contribution is -2.44. The summed E-state index contributed by atoms with van der Waals surface area (Å²) in [4.78, 5) is 12.5. The molecule has 1 aliphatic heterocycles. The number of allylic oxidation sites excluding steroid dienone is 2. The van der Waals surface area contributed by atoms with Crippen LogP contribution in [0.3, 0.4) is 0 Å². The third kappa shape index (κ3) is 2.29. The maximum absolute atomic E-state index is 12.5. The average molecular weight is 288 g/mol. The number of ketones is 1. The van der Waals surface area contributed by atoms with Gasteiger partial charge in [-0.15, -0.1) is 0 Å². The van der Waals surface area contributed by atoms with E-state index in [1.807, 2.05) is 18.2 Å². The van der Waals surface area contributed by atoms with Crippen molar-refractivity contribution < 1.29 is 24.5 Å². The van der Waals surface area contributed by atoms with Crippen LogP contribution in [0.4, 0.5) is 0 Å². The Morgan fingerprint density at radius 1 is 1.29 bits per heavy atom. The number of carbonyl (C=O) groups is 1. The average Bonchev–Trinajstić information content (AvgIpc) is 2.47. The molecule has 0 amide bonds. The van der Waals surface area contributed by atoms with Gasteiger partial charge >= 0.3 is 0 Å². The van der Waals surface area contributed by atoms with Crippen LogP contribution in [-0.2, 0) is 4.74 Å². The van der Waals surface area contributed by atoms with Crippen molar-refractivity contribution in [3.8, 4) is 17.2 Å². The van der Waals surface area contributed by atoms with Crippen LogP contribution in [0.5, 0.6) is 17.2 Å². The van der Waals surface area contributed by atoms with Gasteiger partial charge in [0.15, 0.2) is 12.2 Å². The van der Waals surface area contributed by atoms with Gasteiger partial charge in [0.25, 0.3) is 0 Å². The minimum Gasteiger partial charge on any atom is -0.508 e. The van der Waals surface area contributed by atoms with E-state index in [0.717, 1.165) is 24.5 Å². The zero-order chi connectivity index (χ0) is 15.0. The molecule has 21 heavy (non-hydrogen) atoms. The van der Waals surface area contributed by atoms with Crippen molar-refractivity contribution >= 4 is 5.78 Å². The number of phenols is 2. The van der Waals surface area contributed by atoms with Crippen LogP contribution in [0.2, 0.25) is 0 Å². The van der Waals surface area contributed by atoms with Gasteiger partial charge in [0.1, 0.15) is 22.8 Å². The summed E-state index contributed by atoms with van der Waals surface area (Å²) in [5.74, 6) is -0.623. The van der Waals surface area contributed by atoms with Gasteiger partial charge in [-0.25, -0.2) is 0 Å². The summed E-state index contributed by atoms with van der Waals surface area (Å²) in [6.45, 7) is 0. The van der Waals surface area contributed by atoms with Crippen molar-refractivity contribution in [2.24, 2.45) is 0 Å². The normalized spacial score (nSPS) is 24.2. The quantitative estimate of drug-likeness (QED) is 0.873. The Morgan fingerprint density at radius 2 is 2.10 bits per heavy atom. The molecule has 5 nitrogen and oxygen atoms in total. The van der Waals surface area contributed by atoms with Gasteiger partial charge in [-0.05, 0) is 18.4 Å². The first kappa shape index (κ1) is 13.7. The number of hydrogen-bond donors (Lipinski definition) is 2. The van der Waals surface area contributed by atoms with Crippen LogP contribution in [0.1, 0.15) is 23.2 Å². The maximum atomic E-state index is 12.5. The number of benzene rings is 1. The largest absolute Gasteiger partial charge is 0.508 e. The van der Waals surface area contributed by atoms with Gasteiger partial charge in [0, 0.05) is 19.2 Å². The van der Waals surface area contributed by atoms with E-state index >= 15 is 0 Å². The summed E-state index contributed by atoms with van der Waals surface area (Å²) in [6, 6.07) is 2.45. The fraction of sp³-hybridized carbons (Fsp3) is 0.312. The molecule has 0 aromatic heterocycles. The molecule has 1 aromatic carbocycles. The molecule has 110 valence electrons. The Kier molecular flexibility index (Phi) is 3.43. The van der Waals surface area contributed by atoms with E-state index in [0.29, 0.717) is 0 Å². The summed E-state index contributed by atoms with van der Waals surface area (Å²) in [6.07, 6.45) is 6.40. The Labute approximate surface area is 122 Å². The van der Waals surface area contributed by atoms with Crippen molar-refractivity contribution in [3.05, 3.63) is 41.5 Å². The predicted molar refractivity (Wildman–Crippen MR) is 75.8 cm³/mol. The molecule has 2 N–H and O–H groups in total. The van der Waals surface area contributed by atoms with Crippen LogP contribution in [-0.4, -0.2) is 35.3 Å². The second-order valence-corrected chi connectivity index (χ2v) is 5.08. The van der Waals surface area contributed by atoms with Gasteiger partial charge in [0.2, 0.25) is 5.78 Å². The monoisotopic (exact) mass is 288 g/mol. The number of hydrogen-bond acceptors (Lipinski definition) is 5. The van der Waals surface area contributed by atoms with Crippen molar-refractivity contribution in [1.29, 1.82) is 0 Å². The Balaban J connectivity index is 2.06. The highest BCUT2D eigenvalue weighted by molar-refractivity contribution is 6.06. The van der Waals surface area contributed by atoms with E-state index in [4.69, 9.17) is 9.47 Å². The lowest BCUT2D eigenvalue weighted by atomic mass is 9.90. The van der Waals surface area contributed by atoms with E-state index in [1.165, 1.54) is 13.2 Å². The fourth-order valence-corrected chi connectivity index (χ4v) is 2.72. The molecular weight excluding hydrogens is 272 g/mol. The van der Waals surface area contributed by atoms with Gasteiger partial charge in [-0.3, -0.25) is 4.79 Å². The van der Waals surface area contributed by atoms with Gasteiger partial charge in [0.05, 0.1) is 0 Å². The van der Waals surface area contributed by atoms with Crippen molar-refractivity contribution in [1.82, 2.24) is 0 Å². The highest BCUT2D eigenvalue weighted by Crippen LogP contribution is 2.40. The third-order valence-electron chi connectivity index (χ3n) is 3.71. The molecule has 0 saturated heterocycles. The standard InChI is InChI=1S/C16H16O5/c1-20-16-14(19)13-11(18)7-10(17)8-12(13)21-15(16)9-5-3-2-4-6-9/h3,5-8,15-18H,2,4H2,1H3. The number of rotatable bonds is 2. The molecule has 2 atom stereocenters. The smallest absolute Gasteiger partial charge is 0.203 e. The number of methoxy groups -OCH3 is 1. The number of fused-ring (bicyclic) bond motifs is 1. The third-order valence-corrected chi connectivity index (χ3v) is 3.71. The molecule has 0 saturated carbocycles. The molecule has 0 bridgehead atoms. The fourth-order valence-electron chi connectivity index (χ4n) is 2.72. The van der Waals surface area contributed by atoms with Gasteiger partial charge in [-0.2, -0.15) is 0 Å². The Hall–Kier alpha value is -2.27. The van der Waals surface area contributed by atoms with E-state index in [-0.39, 0.29) is 28.6 Å². The van der Waals surface area contributed by atoms with E-state index in [1.54, 1.807) is 0 Å². The van der Waals surface area contributed by atoms with Crippen LogP contribution in [0.15, 0.2) is 35.9 Å². The molecule has 0 fully saturated rings. The van der Waals surface area contributed by atoms with Gasteiger partial charge in [-0.1, -0.05) is 18.2 Å². The summed E-state index contributed by atoms with van der Waals surface area (Å²) in [5.41, 5.74) is 0.922. The van der Waals surface area contributed by atoms with Crippen LogP contribution in [0.25, 0.3) is 0 Å². The molecule has 5 heteroatoms. The number of ether oxygens (including phenoxy) is 2. The first-order valence-electron chi connectivity index (χ1n) is 6.78. The number of phenolic OH excluding ortho intramolecular Hbond substituents is 2. The SMILES string of the molecule is COC1C(=O)c2c(O)cc(O)cc2OC1C1=CCCC=C1. The van der Waals surface area contributed by atoms with Crippen molar-refractivity contribution in [2.75, 3.05) is 7.11 Å². The highest BCUT2D eigenvalue weighted by Gasteiger charge is 2.41. The molecule has 1 aliphatic carbocycles. The van der Waals surface area contributed by atoms with Crippen LogP contribution in [0, 0.1) is 0 Å². The summed E-state index contributed by atoms with van der Waals surface area (Å²) >= 11 is 0. The molecule has 0 radical (unpaired) electrons. The predicted octanol–water partition coefficient (Wildman–Crippen LogP) is 2.33. The molecule has 1 heterocycles. The second kappa shape index (κ2) is 5.26. The van der Waals surface area contributed by atoms with Crippen LogP contribution >= 0.6 is 0 Å². The summed E-state index contributed by atoms with van der Waals surface area (Å²) < 4.78 is 11.1. The highest BCUT2D eigenvalue weighted by atomic mass is 16.5.